The molecule has 0 saturated carbocycles. The molecule has 0 bridgehead atoms. The highest BCUT2D eigenvalue weighted by molar-refractivity contribution is 6.99. The molecular weight excluding hydrogens is 389 g/mol. The number of benzene rings is 3. The van der Waals surface area contributed by atoms with Gasteiger partial charge in [-0.3, -0.25) is 0 Å². The van der Waals surface area contributed by atoms with Crippen molar-refractivity contribution in [3.05, 3.63) is 53.1 Å². The fourth-order valence-electron chi connectivity index (χ4n) is 3.96. The monoisotopic (exact) mass is 392 g/mol. The number of ether oxygens (including phenoxy) is 3. The van der Waals surface area contributed by atoms with E-state index >= 15 is 0 Å². The van der Waals surface area contributed by atoms with E-state index in [1.165, 1.54) is 0 Å². The van der Waals surface area contributed by atoms with Gasteiger partial charge in [0.25, 0.3) is 6.71 Å². The van der Waals surface area contributed by atoms with E-state index in [0.29, 0.717) is 18.2 Å². The van der Waals surface area contributed by atoms with Crippen molar-refractivity contribution in [3.8, 4) is 34.5 Å². The second-order valence-electron chi connectivity index (χ2n) is 6.48. The smallest absolute Gasteiger partial charge is 0.271 e. The Morgan fingerprint density at radius 2 is 0.643 bits per heavy atom. The van der Waals surface area contributed by atoms with E-state index in [4.69, 9.17) is 14.2 Å². The molecule has 3 heterocycles. The molecule has 3 aromatic carbocycles. The Morgan fingerprint density at radius 3 is 0.857 bits per heavy atom. The van der Waals surface area contributed by atoms with Gasteiger partial charge in [-0.25, -0.2) is 26.3 Å². The standard InChI is InChI=1S/C18H3BF6O3/c20-4-1-5(21)14-10-13(4)26-15-6(22)2-8(24)17-11(15)19(10)12-16(27-14)7(23)3-9(25)18(12)28-17/h1-3H. The van der Waals surface area contributed by atoms with Crippen molar-refractivity contribution < 1.29 is 40.6 Å². The van der Waals surface area contributed by atoms with Crippen LogP contribution < -0.4 is 30.6 Å². The Bertz CT molecular complexity index is 1040. The van der Waals surface area contributed by atoms with Gasteiger partial charge in [-0.2, -0.15) is 0 Å². The lowest BCUT2D eigenvalue weighted by atomic mass is 9.33. The highest BCUT2D eigenvalue weighted by atomic mass is 19.2. The van der Waals surface area contributed by atoms with Gasteiger partial charge in [0, 0.05) is 34.6 Å². The minimum atomic E-state index is -1.35. The quantitative estimate of drug-likeness (QED) is 0.293. The summed E-state index contributed by atoms with van der Waals surface area (Å²) in [5.74, 6) is -10.5. The SMILES string of the molecule is Fc1cc(F)c2c3c1Oc1c(F)cc(F)c4c1B3c1c(c(F)cc(F)c1O4)O2. The lowest BCUT2D eigenvalue weighted by molar-refractivity contribution is 0.367. The maximum Gasteiger partial charge on any atom is 0.271 e. The highest BCUT2D eigenvalue weighted by Gasteiger charge is 2.51. The number of hydrogen-bond acceptors (Lipinski definition) is 3. The molecule has 28 heavy (non-hydrogen) atoms. The van der Waals surface area contributed by atoms with Crippen LogP contribution in [0.15, 0.2) is 18.2 Å². The van der Waals surface area contributed by atoms with Crippen LogP contribution in [-0.2, 0) is 0 Å². The average molecular weight is 392 g/mol. The van der Waals surface area contributed by atoms with E-state index in [9.17, 15) is 26.3 Å². The van der Waals surface area contributed by atoms with Gasteiger partial charge in [0.1, 0.15) is 0 Å². The third kappa shape index (κ3) is 1.64. The van der Waals surface area contributed by atoms with Gasteiger partial charge in [0.2, 0.25) is 0 Å². The van der Waals surface area contributed by atoms with Gasteiger partial charge in [0.15, 0.2) is 69.4 Å². The Labute approximate surface area is 152 Å². The number of rotatable bonds is 0. The third-order valence-electron chi connectivity index (χ3n) is 5.01. The van der Waals surface area contributed by atoms with Gasteiger partial charge in [-0.15, -0.1) is 0 Å². The zero-order valence-electron chi connectivity index (χ0n) is 13.3. The number of hydrogen-bond donors (Lipinski definition) is 0. The first-order valence-electron chi connectivity index (χ1n) is 7.96. The minimum absolute atomic E-state index is 0.265. The van der Waals surface area contributed by atoms with Gasteiger partial charge in [-0.1, -0.05) is 0 Å². The van der Waals surface area contributed by atoms with E-state index in [-0.39, 0.29) is 16.4 Å². The molecule has 0 amide bonds. The Balaban J connectivity index is 1.84. The Kier molecular flexibility index (Phi) is 2.67. The fraction of sp³-hybridized carbons (Fsp3) is 0. The predicted molar refractivity (Wildman–Crippen MR) is 84.0 cm³/mol. The maximum absolute atomic E-state index is 14.4. The van der Waals surface area contributed by atoms with E-state index in [0.717, 1.165) is 0 Å². The fourth-order valence-corrected chi connectivity index (χ4v) is 3.96. The minimum Gasteiger partial charge on any atom is -0.452 e. The normalized spacial score (nSPS) is 14.1. The van der Waals surface area contributed by atoms with E-state index in [1.807, 2.05) is 0 Å². The topological polar surface area (TPSA) is 27.7 Å². The van der Waals surface area contributed by atoms with Crippen LogP contribution in [0.3, 0.4) is 0 Å². The molecule has 0 fully saturated rings. The summed E-state index contributed by atoms with van der Waals surface area (Å²) < 4.78 is 102. The van der Waals surface area contributed by atoms with E-state index in [2.05, 4.69) is 0 Å². The summed E-state index contributed by atoms with van der Waals surface area (Å²) in [6, 6.07) is 1.32. The van der Waals surface area contributed by atoms with Crippen LogP contribution in [0.2, 0.25) is 0 Å². The molecule has 0 aliphatic carbocycles. The van der Waals surface area contributed by atoms with Crippen LogP contribution in [0.5, 0.6) is 34.5 Å². The van der Waals surface area contributed by atoms with Crippen molar-refractivity contribution in [1.29, 1.82) is 0 Å². The largest absolute Gasteiger partial charge is 0.452 e. The number of halogens is 6. The molecule has 0 N–H and O–H groups in total. The van der Waals surface area contributed by atoms with Crippen molar-refractivity contribution in [2.45, 2.75) is 0 Å². The van der Waals surface area contributed by atoms with Crippen molar-refractivity contribution in [1.82, 2.24) is 0 Å². The second kappa shape index (κ2) is 4.75. The summed E-state index contributed by atoms with van der Waals surface area (Å²) in [4.78, 5) is 0. The summed E-state index contributed by atoms with van der Waals surface area (Å²) in [5.41, 5.74) is -0.796. The Morgan fingerprint density at radius 1 is 0.429 bits per heavy atom. The molecule has 0 saturated heterocycles. The first-order valence-corrected chi connectivity index (χ1v) is 7.96. The molecule has 0 spiro atoms. The van der Waals surface area contributed by atoms with Crippen molar-refractivity contribution >= 4 is 23.1 Å². The molecule has 0 atom stereocenters. The molecule has 3 nitrogen and oxygen atoms in total. The predicted octanol–water partition coefficient (Wildman–Crippen LogP) is 3.35. The van der Waals surface area contributed by atoms with E-state index < -0.39 is 76.1 Å². The highest BCUT2D eigenvalue weighted by Crippen LogP contribution is 2.46. The van der Waals surface area contributed by atoms with Gasteiger partial charge in [-0.05, 0) is 0 Å². The molecule has 3 aliphatic heterocycles. The molecule has 0 radical (unpaired) electrons. The lowest BCUT2D eigenvalue weighted by Gasteiger charge is -2.37. The first kappa shape index (κ1) is 15.7. The molecule has 6 rings (SSSR count). The van der Waals surface area contributed by atoms with Crippen molar-refractivity contribution in [2.24, 2.45) is 0 Å². The molecule has 138 valence electrons. The molecule has 3 aliphatic rings. The molecule has 10 heteroatoms. The van der Waals surface area contributed by atoms with Crippen LogP contribution >= 0.6 is 0 Å². The van der Waals surface area contributed by atoms with Crippen LogP contribution in [0.1, 0.15) is 0 Å². The summed E-state index contributed by atoms with van der Waals surface area (Å²) >= 11 is 0. The van der Waals surface area contributed by atoms with Crippen LogP contribution in [0.4, 0.5) is 26.3 Å². The lowest BCUT2D eigenvalue weighted by Crippen LogP contribution is -2.61. The zero-order valence-corrected chi connectivity index (χ0v) is 13.3. The Hall–Kier alpha value is -3.30. The van der Waals surface area contributed by atoms with Gasteiger partial charge >= 0.3 is 0 Å². The maximum atomic E-state index is 14.4. The van der Waals surface area contributed by atoms with Crippen molar-refractivity contribution in [3.63, 3.8) is 0 Å². The van der Waals surface area contributed by atoms with Crippen molar-refractivity contribution in [2.75, 3.05) is 0 Å². The van der Waals surface area contributed by atoms with Gasteiger partial charge < -0.3 is 14.2 Å². The summed E-state index contributed by atoms with van der Waals surface area (Å²) in [5, 5.41) is 0. The van der Waals surface area contributed by atoms with Crippen LogP contribution in [0.25, 0.3) is 0 Å². The van der Waals surface area contributed by atoms with Gasteiger partial charge in [0.05, 0.1) is 0 Å². The first-order chi connectivity index (χ1) is 13.4. The molecule has 3 aromatic rings. The third-order valence-corrected chi connectivity index (χ3v) is 5.01. The molecular formula is C18H3BF6O3. The summed E-state index contributed by atoms with van der Waals surface area (Å²) in [7, 11) is 0. The second-order valence-corrected chi connectivity index (χ2v) is 6.48. The van der Waals surface area contributed by atoms with Crippen LogP contribution in [-0.4, -0.2) is 6.71 Å². The molecule has 0 unspecified atom stereocenters. The summed E-state index contributed by atoms with van der Waals surface area (Å²) in [6.07, 6.45) is 0. The van der Waals surface area contributed by atoms with Crippen LogP contribution in [0, 0.1) is 34.9 Å². The zero-order chi connectivity index (χ0) is 19.5. The van der Waals surface area contributed by atoms with E-state index in [1.54, 1.807) is 0 Å². The summed E-state index contributed by atoms with van der Waals surface area (Å²) in [6.45, 7) is -1.35. The molecule has 0 aromatic heterocycles. The average Bonchev–Trinajstić information content (AvgIpc) is 2.65.